The summed E-state index contributed by atoms with van der Waals surface area (Å²) in [5, 5.41) is 3.25. The van der Waals surface area contributed by atoms with Crippen LogP contribution in [0.1, 0.15) is 11.1 Å². The molecule has 1 nitrogen and oxygen atoms in total. The molecule has 4 heteroatoms. The zero-order valence-electron chi connectivity index (χ0n) is 11.2. The van der Waals surface area contributed by atoms with Gasteiger partial charge in [-0.15, -0.1) is 0 Å². The van der Waals surface area contributed by atoms with Crippen molar-refractivity contribution in [3.05, 3.63) is 69.7 Å². The van der Waals surface area contributed by atoms with E-state index in [4.69, 9.17) is 0 Å². The SMILES string of the molecule is CNC(Cc1ccc(F)cc1)Cc1ccc(F)cc1Br. The Balaban J connectivity index is 2.07. The smallest absolute Gasteiger partial charge is 0.124 e. The second kappa shape index (κ2) is 6.95. The Labute approximate surface area is 126 Å². The minimum Gasteiger partial charge on any atom is -0.316 e. The zero-order valence-corrected chi connectivity index (χ0v) is 12.8. The lowest BCUT2D eigenvalue weighted by atomic mass is 9.99. The Kier molecular flexibility index (Phi) is 5.26. The lowest BCUT2D eigenvalue weighted by Gasteiger charge is -2.17. The van der Waals surface area contributed by atoms with Gasteiger partial charge in [0.2, 0.25) is 0 Å². The van der Waals surface area contributed by atoms with Gasteiger partial charge in [-0.2, -0.15) is 0 Å². The fourth-order valence-corrected chi connectivity index (χ4v) is 2.65. The number of halogens is 3. The van der Waals surface area contributed by atoms with E-state index in [0.29, 0.717) is 0 Å². The first-order valence-electron chi connectivity index (χ1n) is 6.44. The van der Waals surface area contributed by atoms with Crippen LogP contribution in [0.3, 0.4) is 0 Å². The summed E-state index contributed by atoms with van der Waals surface area (Å²) < 4.78 is 26.7. The molecule has 2 aromatic rings. The van der Waals surface area contributed by atoms with Crippen LogP contribution in [-0.2, 0) is 12.8 Å². The van der Waals surface area contributed by atoms with E-state index in [1.807, 2.05) is 7.05 Å². The molecule has 0 fully saturated rings. The van der Waals surface area contributed by atoms with Gasteiger partial charge in [-0.1, -0.05) is 34.1 Å². The number of rotatable bonds is 5. The monoisotopic (exact) mass is 339 g/mol. The summed E-state index contributed by atoms with van der Waals surface area (Å²) in [6, 6.07) is 11.5. The Hall–Kier alpha value is -1.26. The van der Waals surface area contributed by atoms with Gasteiger partial charge < -0.3 is 5.32 Å². The average Bonchev–Trinajstić information content (AvgIpc) is 2.43. The molecule has 0 aliphatic carbocycles. The van der Waals surface area contributed by atoms with Gasteiger partial charge in [0, 0.05) is 10.5 Å². The molecular weight excluding hydrogens is 324 g/mol. The third-order valence-corrected chi connectivity index (χ3v) is 4.02. The van der Waals surface area contributed by atoms with Crippen LogP contribution in [0.15, 0.2) is 46.9 Å². The molecule has 0 aliphatic rings. The lowest BCUT2D eigenvalue weighted by Crippen LogP contribution is -2.30. The predicted molar refractivity (Wildman–Crippen MR) is 80.8 cm³/mol. The summed E-state index contributed by atoms with van der Waals surface area (Å²) in [7, 11) is 1.89. The molecule has 0 aliphatic heterocycles. The van der Waals surface area contributed by atoms with Gasteiger partial charge in [-0.05, 0) is 55.3 Å². The summed E-state index contributed by atoms with van der Waals surface area (Å²) in [5.74, 6) is -0.476. The molecule has 1 atom stereocenters. The van der Waals surface area contributed by atoms with Crippen LogP contribution in [0.5, 0.6) is 0 Å². The summed E-state index contributed by atoms with van der Waals surface area (Å²) in [6.45, 7) is 0. The van der Waals surface area contributed by atoms with Gasteiger partial charge in [-0.25, -0.2) is 8.78 Å². The molecule has 0 aromatic heterocycles. The maximum absolute atomic E-state index is 13.1. The molecule has 20 heavy (non-hydrogen) atoms. The zero-order chi connectivity index (χ0) is 14.5. The number of nitrogens with one attached hydrogen (secondary N) is 1. The van der Waals surface area contributed by atoms with Crippen LogP contribution >= 0.6 is 15.9 Å². The van der Waals surface area contributed by atoms with Crippen LogP contribution in [-0.4, -0.2) is 13.1 Å². The highest BCUT2D eigenvalue weighted by molar-refractivity contribution is 9.10. The molecule has 2 aromatic carbocycles. The molecule has 0 radical (unpaired) electrons. The van der Waals surface area contributed by atoms with Crippen molar-refractivity contribution in [2.45, 2.75) is 18.9 Å². The number of likely N-dealkylation sites (N-methyl/N-ethyl adjacent to an activating group) is 1. The van der Waals surface area contributed by atoms with E-state index in [0.717, 1.165) is 28.4 Å². The summed E-state index contributed by atoms with van der Waals surface area (Å²) in [6.07, 6.45) is 1.56. The van der Waals surface area contributed by atoms with Gasteiger partial charge in [-0.3, -0.25) is 0 Å². The molecule has 1 N–H and O–H groups in total. The number of benzene rings is 2. The van der Waals surface area contributed by atoms with Crippen molar-refractivity contribution in [2.75, 3.05) is 7.05 Å². The first kappa shape index (κ1) is 15.1. The highest BCUT2D eigenvalue weighted by Gasteiger charge is 2.11. The van der Waals surface area contributed by atoms with Crippen LogP contribution in [0.2, 0.25) is 0 Å². The van der Waals surface area contributed by atoms with Gasteiger partial charge in [0.1, 0.15) is 11.6 Å². The van der Waals surface area contributed by atoms with E-state index in [-0.39, 0.29) is 17.7 Å². The molecular formula is C16H16BrF2N. The Morgan fingerprint density at radius 3 is 2.25 bits per heavy atom. The highest BCUT2D eigenvalue weighted by Crippen LogP contribution is 2.20. The second-order valence-corrected chi connectivity index (χ2v) is 5.61. The normalized spacial score (nSPS) is 12.4. The van der Waals surface area contributed by atoms with Crippen LogP contribution in [0.4, 0.5) is 8.78 Å². The molecule has 1 unspecified atom stereocenters. The third kappa shape index (κ3) is 4.12. The number of hydrogen-bond acceptors (Lipinski definition) is 1. The molecule has 0 spiro atoms. The van der Waals surface area contributed by atoms with E-state index in [9.17, 15) is 8.78 Å². The van der Waals surface area contributed by atoms with Gasteiger partial charge >= 0.3 is 0 Å². The van der Waals surface area contributed by atoms with Crippen molar-refractivity contribution in [1.29, 1.82) is 0 Å². The molecule has 0 saturated heterocycles. The van der Waals surface area contributed by atoms with E-state index >= 15 is 0 Å². The second-order valence-electron chi connectivity index (χ2n) is 4.76. The summed E-state index contributed by atoms with van der Waals surface area (Å²) in [5.41, 5.74) is 2.12. The Morgan fingerprint density at radius 1 is 1.00 bits per heavy atom. The molecule has 0 bridgehead atoms. The fraction of sp³-hybridized carbons (Fsp3) is 0.250. The van der Waals surface area contributed by atoms with Crippen LogP contribution in [0.25, 0.3) is 0 Å². The molecule has 0 saturated carbocycles. The van der Waals surface area contributed by atoms with Crippen molar-refractivity contribution < 1.29 is 8.78 Å². The standard InChI is InChI=1S/C16H16BrF2N/c1-20-15(8-11-2-5-13(18)6-3-11)9-12-4-7-14(19)10-16(12)17/h2-7,10,15,20H,8-9H2,1H3. The van der Waals surface area contributed by atoms with E-state index in [1.165, 1.54) is 24.3 Å². The molecule has 0 amide bonds. The largest absolute Gasteiger partial charge is 0.316 e. The van der Waals surface area contributed by atoms with E-state index in [1.54, 1.807) is 18.2 Å². The van der Waals surface area contributed by atoms with Crippen molar-refractivity contribution in [3.63, 3.8) is 0 Å². The van der Waals surface area contributed by atoms with Crippen molar-refractivity contribution >= 4 is 15.9 Å². The van der Waals surface area contributed by atoms with Crippen molar-refractivity contribution in [3.8, 4) is 0 Å². The van der Waals surface area contributed by atoms with Gasteiger partial charge in [0.05, 0.1) is 0 Å². The average molecular weight is 340 g/mol. The topological polar surface area (TPSA) is 12.0 Å². The maximum atomic E-state index is 13.1. The summed E-state index contributed by atoms with van der Waals surface area (Å²) >= 11 is 3.38. The Morgan fingerprint density at radius 2 is 1.65 bits per heavy atom. The van der Waals surface area contributed by atoms with E-state index in [2.05, 4.69) is 21.2 Å². The quantitative estimate of drug-likeness (QED) is 0.864. The number of hydrogen-bond donors (Lipinski definition) is 1. The fourth-order valence-electron chi connectivity index (χ4n) is 2.13. The third-order valence-electron chi connectivity index (χ3n) is 3.29. The summed E-state index contributed by atoms with van der Waals surface area (Å²) in [4.78, 5) is 0. The maximum Gasteiger partial charge on any atom is 0.124 e. The first-order chi connectivity index (χ1) is 9.58. The van der Waals surface area contributed by atoms with E-state index < -0.39 is 0 Å². The van der Waals surface area contributed by atoms with Crippen LogP contribution < -0.4 is 5.32 Å². The van der Waals surface area contributed by atoms with Gasteiger partial charge in [0.25, 0.3) is 0 Å². The van der Waals surface area contributed by atoms with Gasteiger partial charge in [0.15, 0.2) is 0 Å². The minimum absolute atomic E-state index is 0.210. The highest BCUT2D eigenvalue weighted by atomic mass is 79.9. The molecule has 106 valence electrons. The Bertz CT molecular complexity index is 569. The minimum atomic E-state index is -0.250. The lowest BCUT2D eigenvalue weighted by molar-refractivity contribution is 0.553. The van der Waals surface area contributed by atoms with Crippen LogP contribution in [0, 0.1) is 11.6 Å². The van der Waals surface area contributed by atoms with Crippen molar-refractivity contribution in [2.24, 2.45) is 0 Å². The van der Waals surface area contributed by atoms with Crippen molar-refractivity contribution in [1.82, 2.24) is 5.32 Å². The molecule has 2 rings (SSSR count). The molecule has 0 heterocycles. The predicted octanol–water partition coefficient (Wildman–Crippen LogP) is 4.10. The first-order valence-corrected chi connectivity index (χ1v) is 7.23.